The second-order valence-corrected chi connectivity index (χ2v) is 4.29. The molecular weight excluding hydrogens is 226 g/mol. The van der Waals surface area contributed by atoms with Crippen molar-refractivity contribution in [1.29, 1.82) is 0 Å². The van der Waals surface area contributed by atoms with Crippen LogP contribution in [0.3, 0.4) is 0 Å². The Hall–Kier alpha value is -1.42. The molecule has 16 heavy (non-hydrogen) atoms. The van der Waals surface area contributed by atoms with E-state index < -0.39 is 0 Å². The van der Waals surface area contributed by atoms with Gasteiger partial charge in [0.05, 0.1) is 11.4 Å². The highest BCUT2D eigenvalue weighted by atomic mass is 35.5. The minimum Gasteiger partial charge on any atom is -0.397 e. The van der Waals surface area contributed by atoms with Gasteiger partial charge in [0.15, 0.2) is 0 Å². The molecule has 0 radical (unpaired) electrons. The van der Waals surface area contributed by atoms with Gasteiger partial charge >= 0.3 is 6.03 Å². The van der Waals surface area contributed by atoms with Crippen LogP contribution in [0, 0.1) is 0 Å². The molecule has 5 heteroatoms. The van der Waals surface area contributed by atoms with E-state index in [1.54, 1.807) is 23.1 Å². The van der Waals surface area contributed by atoms with Crippen molar-refractivity contribution in [3.8, 4) is 0 Å². The van der Waals surface area contributed by atoms with E-state index in [9.17, 15) is 4.79 Å². The van der Waals surface area contributed by atoms with Crippen molar-refractivity contribution in [1.82, 2.24) is 4.90 Å². The van der Waals surface area contributed by atoms with Gasteiger partial charge in [0, 0.05) is 18.1 Å². The second kappa shape index (κ2) is 4.61. The van der Waals surface area contributed by atoms with E-state index in [0.717, 1.165) is 25.9 Å². The van der Waals surface area contributed by atoms with E-state index >= 15 is 0 Å². The number of hydrogen-bond donors (Lipinski definition) is 2. The Morgan fingerprint density at radius 2 is 2.06 bits per heavy atom. The molecule has 86 valence electrons. The number of anilines is 2. The summed E-state index contributed by atoms with van der Waals surface area (Å²) < 4.78 is 0. The first-order valence-corrected chi connectivity index (χ1v) is 5.65. The maximum absolute atomic E-state index is 11.8. The maximum atomic E-state index is 11.8. The smallest absolute Gasteiger partial charge is 0.321 e. The van der Waals surface area contributed by atoms with Gasteiger partial charge < -0.3 is 16.0 Å². The van der Waals surface area contributed by atoms with Crippen molar-refractivity contribution in [3.05, 3.63) is 23.2 Å². The lowest BCUT2D eigenvalue weighted by molar-refractivity contribution is 0.222. The van der Waals surface area contributed by atoms with Gasteiger partial charge in [-0.3, -0.25) is 0 Å². The van der Waals surface area contributed by atoms with Crippen LogP contribution in [0.15, 0.2) is 18.2 Å². The predicted molar refractivity (Wildman–Crippen MR) is 65.7 cm³/mol. The van der Waals surface area contributed by atoms with Gasteiger partial charge in [-0.15, -0.1) is 0 Å². The van der Waals surface area contributed by atoms with Crippen molar-refractivity contribution in [2.75, 3.05) is 24.1 Å². The first-order chi connectivity index (χ1) is 7.66. The summed E-state index contributed by atoms with van der Waals surface area (Å²) in [5.74, 6) is 0. The zero-order valence-electron chi connectivity index (χ0n) is 8.87. The average molecular weight is 240 g/mol. The Morgan fingerprint density at radius 3 is 2.75 bits per heavy atom. The summed E-state index contributed by atoms with van der Waals surface area (Å²) >= 11 is 5.84. The molecule has 1 saturated heterocycles. The van der Waals surface area contributed by atoms with Crippen molar-refractivity contribution >= 4 is 29.0 Å². The molecule has 0 spiro atoms. The number of benzene rings is 1. The van der Waals surface area contributed by atoms with E-state index in [1.165, 1.54) is 0 Å². The molecule has 3 N–H and O–H groups in total. The van der Waals surface area contributed by atoms with E-state index in [4.69, 9.17) is 17.3 Å². The highest BCUT2D eigenvalue weighted by Crippen LogP contribution is 2.23. The predicted octanol–water partition coefficient (Wildman–Crippen LogP) is 2.55. The van der Waals surface area contributed by atoms with E-state index in [2.05, 4.69) is 5.32 Å². The third kappa shape index (κ3) is 2.39. The molecular formula is C11H14ClN3O. The van der Waals surface area contributed by atoms with Gasteiger partial charge in [-0.1, -0.05) is 11.6 Å². The fourth-order valence-electron chi connectivity index (χ4n) is 1.75. The van der Waals surface area contributed by atoms with Crippen LogP contribution in [-0.4, -0.2) is 24.0 Å². The number of nitrogens with two attached hydrogens (primary N) is 1. The van der Waals surface area contributed by atoms with Gasteiger partial charge in [0.1, 0.15) is 0 Å². The second-order valence-electron chi connectivity index (χ2n) is 3.86. The van der Waals surface area contributed by atoms with Gasteiger partial charge in [-0.05, 0) is 31.0 Å². The highest BCUT2D eigenvalue weighted by Gasteiger charge is 2.18. The van der Waals surface area contributed by atoms with Crippen LogP contribution in [0.4, 0.5) is 16.2 Å². The van der Waals surface area contributed by atoms with Crippen molar-refractivity contribution < 1.29 is 4.79 Å². The van der Waals surface area contributed by atoms with Crippen LogP contribution in [0.1, 0.15) is 12.8 Å². The topological polar surface area (TPSA) is 58.4 Å². The van der Waals surface area contributed by atoms with Crippen LogP contribution in [0.2, 0.25) is 5.02 Å². The molecule has 0 atom stereocenters. The summed E-state index contributed by atoms with van der Waals surface area (Å²) in [4.78, 5) is 13.6. The summed E-state index contributed by atoms with van der Waals surface area (Å²) in [6.07, 6.45) is 2.14. The number of hydrogen-bond acceptors (Lipinski definition) is 2. The number of carbonyl (C=O) groups is 1. The average Bonchev–Trinajstić information content (AvgIpc) is 2.76. The zero-order chi connectivity index (χ0) is 11.5. The fraction of sp³-hybridized carbons (Fsp3) is 0.364. The Labute approximate surface area is 99.4 Å². The molecule has 0 bridgehead atoms. The Kier molecular flexibility index (Phi) is 3.19. The minimum atomic E-state index is -0.105. The molecule has 0 saturated carbocycles. The molecule has 0 unspecified atom stereocenters. The number of halogens is 1. The summed E-state index contributed by atoms with van der Waals surface area (Å²) in [7, 11) is 0. The number of likely N-dealkylation sites (tertiary alicyclic amines) is 1. The molecule has 0 aliphatic carbocycles. The number of amides is 2. The van der Waals surface area contributed by atoms with Crippen LogP contribution in [0.5, 0.6) is 0 Å². The quantitative estimate of drug-likeness (QED) is 0.740. The molecule has 1 aliphatic heterocycles. The summed E-state index contributed by atoms with van der Waals surface area (Å²) in [5, 5.41) is 3.33. The molecule has 1 heterocycles. The van der Waals surface area contributed by atoms with Gasteiger partial charge in [0.2, 0.25) is 0 Å². The van der Waals surface area contributed by atoms with Crippen molar-refractivity contribution in [2.45, 2.75) is 12.8 Å². The highest BCUT2D eigenvalue weighted by molar-refractivity contribution is 6.31. The molecule has 1 aliphatic rings. The first-order valence-electron chi connectivity index (χ1n) is 5.28. The summed E-state index contributed by atoms with van der Waals surface area (Å²) in [5.41, 5.74) is 6.84. The maximum Gasteiger partial charge on any atom is 0.321 e. The third-order valence-electron chi connectivity index (χ3n) is 2.65. The van der Waals surface area contributed by atoms with Crippen LogP contribution in [0.25, 0.3) is 0 Å². The Morgan fingerprint density at radius 1 is 1.38 bits per heavy atom. The lowest BCUT2D eigenvalue weighted by atomic mass is 10.3. The van der Waals surface area contributed by atoms with Crippen LogP contribution < -0.4 is 11.1 Å². The Balaban J connectivity index is 2.07. The fourth-order valence-corrected chi connectivity index (χ4v) is 1.92. The van der Waals surface area contributed by atoms with Gasteiger partial charge in [-0.2, -0.15) is 0 Å². The normalized spacial score (nSPS) is 15.2. The molecule has 1 aromatic carbocycles. The number of nitrogen functional groups attached to an aromatic ring is 1. The first kappa shape index (κ1) is 11.1. The number of rotatable bonds is 1. The molecule has 0 aromatic heterocycles. The van der Waals surface area contributed by atoms with Crippen LogP contribution in [-0.2, 0) is 0 Å². The van der Waals surface area contributed by atoms with Gasteiger partial charge in [-0.25, -0.2) is 4.79 Å². The standard InChI is InChI=1S/C11H14ClN3O/c12-8-3-4-9(13)10(7-8)14-11(16)15-5-1-2-6-15/h3-4,7H,1-2,5-6,13H2,(H,14,16). The lowest BCUT2D eigenvalue weighted by Crippen LogP contribution is -2.32. The molecule has 4 nitrogen and oxygen atoms in total. The zero-order valence-corrected chi connectivity index (χ0v) is 9.63. The number of nitrogens with one attached hydrogen (secondary N) is 1. The molecule has 2 amide bonds. The lowest BCUT2D eigenvalue weighted by Gasteiger charge is -2.17. The minimum absolute atomic E-state index is 0.105. The van der Waals surface area contributed by atoms with Crippen LogP contribution >= 0.6 is 11.6 Å². The van der Waals surface area contributed by atoms with Crippen molar-refractivity contribution in [3.63, 3.8) is 0 Å². The summed E-state index contributed by atoms with van der Waals surface area (Å²) in [6, 6.07) is 4.93. The summed E-state index contributed by atoms with van der Waals surface area (Å²) in [6.45, 7) is 1.62. The largest absolute Gasteiger partial charge is 0.397 e. The van der Waals surface area contributed by atoms with E-state index in [0.29, 0.717) is 16.4 Å². The molecule has 1 aromatic rings. The number of carbonyl (C=O) groups excluding carboxylic acids is 1. The van der Waals surface area contributed by atoms with E-state index in [1.807, 2.05) is 0 Å². The van der Waals surface area contributed by atoms with Gasteiger partial charge in [0.25, 0.3) is 0 Å². The monoisotopic (exact) mass is 239 g/mol. The molecule has 1 fully saturated rings. The third-order valence-corrected chi connectivity index (χ3v) is 2.89. The van der Waals surface area contributed by atoms with Crippen molar-refractivity contribution in [2.24, 2.45) is 0 Å². The Bertz CT molecular complexity index is 402. The molecule has 2 rings (SSSR count). The number of nitrogens with zero attached hydrogens (tertiary/aromatic N) is 1. The number of urea groups is 1. The van der Waals surface area contributed by atoms with E-state index in [-0.39, 0.29) is 6.03 Å². The SMILES string of the molecule is Nc1ccc(Cl)cc1NC(=O)N1CCCC1.